The van der Waals surface area contributed by atoms with Gasteiger partial charge in [0.25, 0.3) is 5.89 Å². The van der Waals surface area contributed by atoms with E-state index in [0.717, 1.165) is 5.39 Å². The molecule has 2 aromatic carbocycles. The average Bonchev–Trinajstić information content (AvgIpc) is 3.09. The Morgan fingerprint density at radius 2 is 1.96 bits per heavy atom. The number of hydrogen-bond acceptors (Lipinski definition) is 5. The summed E-state index contributed by atoms with van der Waals surface area (Å²) in [5.74, 6) is 1.57. The minimum Gasteiger partial charge on any atom is -0.334 e. The van der Waals surface area contributed by atoms with E-state index in [4.69, 9.17) is 27.7 Å². The molecule has 4 aromatic rings. The molecule has 0 aliphatic rings. The zero-order valence-electron chi connectivity index (χ0n) is 13.7. The van der Waals surface area contributed by atoms with Crippen molar-refractivity contribution >= 4 is 45.9 Å². The third-order valence-corrected chi connectivity index (χ3v) is 5.59. The molecule has 0 unspecified atom stereocenters. The number of halogens is 2. The van der Waals surface area contributed by atoms with Crippen molar-refractivity contribution in [2.75, 3.05) is 0 Å². The van der Waals surface area contributed by atoms with Crippen LogP contribution in [0.1, 0.15) is 11.4 Å². The molecule has 26 heavy (non-hydrogen) atoms. The predicted octanol–water partition coefficient (Wildman–Crippen LogP) is 6.19. The molecule has 0 aliphatic heterocycles. The summed E-state index contributed by atoms with van der Waals surface area (Å²) in [7, 11) is 0. The first-order chi connectivity index (χ1) is 12.6. The van der Waals surface area contributed by atoms with Crippen molar-refractivity contribution in [3.63, 3.8) is 0 Å². The van der Waals surface area contributed by atoms with E-state index < -0.39 is 0 Å². The van der Waals surface area contributed by atoms with E-state index in [0.29, 0.717) is 38.6 Å². The standard InChI is InChI=1S/C19H13Cl2N3OS/c1-11-4-2-3-5-15(11)26-10-16-23-19(25-24-16)17-14(21)7-6-12-8-13(20)9-22-18(12)17/h2-9H,10H2,1H3. The molecule has 7 heteroatoms. The Hall–Kier alpha value is -2.08. The molecule has 2 aromatic heterocycles. The van der Waals surface area contributed by atoms with Crippen LogP contribution in [0.15, 0.2) is 58.1 Å². The molecular formula is C19H13Cl2N3OS. The molecule has 0 aliphatic carbocycles. The van der Waals surface area contributed by atoms with Crippen LogP contribution >= 0.6 is 35.0 Å². The predicted molar refractivity (Wildman–Crippen MR) is 106 cm³/mol. The average molecular weight is 402 g/mol. The Balaban J connectivity index is 1.65. The van der Waals surface area contributed by atoms with Crippen LogP contribution < -0.4 is 0 Å². The van der Waals surface area contributed by atoms with Gasteiger partial charge < -0.3 is 4.52 Å². The van der Waals surface area contributed by atoms with E-state index in [-0.39, 0.29) is 0 Å². The second kappa shape index (κ2) is 7.27. The van der Waals surface area contributed by atoms with Crippen molar-refractivity contribution in [3.05, 3.63) is 70.1 Å². The summed E-state index contributed by atoms with van der Waals surface area (Å²) < 4.78 is 5.46. The first-order valence-electron chi connectivity index (χ1n) is 7.87. The highest BCUT2D eigenvalue weighted by Crippen LogP contribution is 2.34. The number of hydrogen-bond donors (Lipinski definition) is 0. The van der Waals surface area contributed by atoms with Gasteiger partial charge >= 0.3 is 0 Å². The maximum atomic E-state index is 6.37. The lowest BCUT2D eigenvalue weighted by atomic mass is 10.1. The zero-order valence-corrected chi connectivity index (χ0v) is 16.1. The summed E-state index contributed by atoms with van der Waals surface area (Å²) in [6, 6.07) is 13.7. The number of pyridine rings is 1. The van der Waals surface area contributed by atoms with Gasteiger partial charge in [0.05, 0.1) is 26.9 Å². The van der Waals surface area contributed by atoms with Gasteiger partial charge in [-0.2, -0.15) is 4.98 Å². The molecule has 0 saturated heterocycles. The Kier molecular flexibility index (Phi) is 4.85. The summed E-state index contributed by atoms with van der Waals surface area (Å²) in [5, 5.41) is 6.02. The molecule has 4 nitrogen and oxygen atoms in total. The van der Waals surface area contributed by atoms with Crippen molar-refractivity contribution < 1.29 is 4.52 Å². The molecule has 0 spiro atoms. The minimum atomic E-state index is 0.357. The molecule has 0 atom stereocenters. The smallest absolute Gasteiger partial charge is 0.261 e. The van der Waals surface area contributed by atoms with E-state index in [2.05, 4.69) is 34.2 Å². The van der Waals surface area contributed by atoms with Crippen molar-refractivity contribution in [2.24, 2.45) is 0 Å². The quantitative estimate of drug-likeness (QED) is 0.381. The van der Waals surface area contributed by atoms with Gasteiger partial charge in [-0.1, -0.05) is 52.6 Å². The molecule has 0 amide bonds. The normalized spacial score (nSPS) is 11.2. The van der Waals surface area contributed by atoms with Gasteiger partial charge in [0, 0.05) is 16.5 Å². The van der Waals surface area contributed by atoms with Crippen LogP contribution in [-0.4, -0.2) is 15.1 Å². The summed E-state index contributed by atoms with van der Waals surface area (Å²) in [5.41, 5.74) is 2.53. The maximum Gasteiger partial charge on any atom is 0.261 e. The number of aryl methyl sites for hydroxylation is 1. The lowest BCUT2D eigenvalue weighted by Crippen LogP contribution is -1.89. The lowest BCUT2D eigenvalue weighted by Gasteiger charge is -2.04. The molecule has 4 rings (SSSR count). The highest BCUT2D eigenvalue weighted by Gasteiger charge is 2.17. The Morgan fingerprint density at radius 1 is 1.12 bits per heavy atom. The highest BCUT2D eigenvalue weighted by atomic mass is 35.5. The second-order valence-corrected chi connectivity index (χ2v) is 7.58. The molecule has 0 N–H and O–H groups in total. The zero-order chi connectivity index (χ0) is 18.1. The first kappa shape index (κ1) is 17.3. The fraction of sp³-hybridized carbons (Fsp3) is 0.105. The molecule has 0 radical (unpaired) electrons. The fourth-order valence-corrected chi connectivity index (χ4v) is 3.90. The SMILES string of the molecule is Cc1ccccc1SCc1noc(-c2c(Cl)ccc3cc(Cl)cnc23)n1. The first-order valence-corrected chi connectivity index (χ1v) is 9.61. The highest BCUT2D eigenvalue weighted by molar-refractivity contribution is 7.98. The van der Waals surface area contributed by atoms with Crippen LogP contribution in [0.4, 0.5) is 0 Å². The largest absolute Gasteiger partial charge is 0.334 e. The summed E-state index contributed by atoms with van der Waals surface area (Å²) >= 11 is 14.1. The van der Waals surface area contributed by atoms with Crippen LogP contribution in [0.3, 0.4) is 0 Å². The number of fused-ring (bicyclic) bond motifs is 1. The Labute approximate surface area is 164 Å². The van der Waals surface area contributed by atoms with Gasteiger partial charge in [-0.05, 0) is 30.7 Å². The lowest BCUT2D eigenvalue weighted by molar-refractivity contribution is 0.425. The summed E-state index contributed by atoms with van der Waals surface area (Å²) in [4.78, 5) is 10.1. The molecule has 0 fully saturated rings. The molecule has 0 bridgehead atoms. The van der Waals surface area contributed by atoms with Crippen molar-refractivity contribution in [1.82, 2.24) is 15.1 Å². The Morgan fingerprint density at radius 3 is 2.81 bits per heavy atom. The van der Waals surface area contributed by atoms with E-state index in [1.807, 2.05) is 24.3 Å². The number of rotatable bonds is 4. The van der Waals surface area contributed by atoms with Crippen LogP contribution in [0.25, 0.3) is 22.4 Å². The van der Waals surface area contributed by atoms with Crippen LogP contribution in [0, 0.1) is 6.92 Å². The number of benzene rings is 2. The molecule has 2 heterocycles. The van der Waals surface area contributed by atoms with Crippen LogP contribution in [0.2, 0.25) is 10.0 Å². The topological polar surface area (TPSA) is 51.8 Å². The number of thioether (sulfide) groups is 1. The van der Waals surface area contributed by atoms with Crippen molar-refractivity contribution in [1.29, 1.82) is 0 Å². The molecule has 0 saturated carbocycles. The molecule has 130 valence electrons. The Bertz CT molecular complexity index is 1100. The third kappa shape index (κ3) is 3.43. The van der Waals surface area contributed by atoms with E-state index >= 15 is 0 Å². The van der Waals surface area contributed by atoms with E-state index in [1.165, 1.54) is 10.5 Å². The van der Waals surface area contributed by atoms with Gasteiger partial charge in [-0.15, -0.1) is 11.8 Å². The number of nitrogens with zero attached hydrogens (tertiary/aromatic N) is 3. The van der Waals surface area contributed by atoms with E-state index in [9.17, 15) is 0 Å². The number of aromatic nitrogens is 3. The van der Waals surface area contributed by atoms with Gasteiger partial charge in [-0.25, -0.2) is 0 Å². The van der Waals surface area contributed by atoms with Crippen molar-refractivity contribution in [3.8, 4) is 11.5 Å². The summed E-state index contributed by atoms with van der Waals surface area (Å²) in [6.07, 6.45) is 1.58. The minimum absolute atomic E-state index is 0.357. The van der Waals surface area contributed by atoms with Gasteiger partial charge in [0.2, 0.25) is 0 Å². The van der Waals surface area contributed by atoms with E-state index in [1.54, 1.807) is 24.0 Å². The van der Waals surface area contributed by atoms with Crippen molar-refractivity contribution in [2.45, 2.75) is 17.6 Å². The van der Waals surface area contributed by atoms with Gasteiger partial charge in [0.15, 0.2) is 5.82 Å². The van der Waals surface area contributed by atoms with Gasteiger partial charge in [0.1, 0.15) is 0 Å². The summed E-state index contributed by atoms with van der Waals surface area (Å²) in [6.45, 7) is 2.08. The van der Waals surface area contributed by atoms with Crippen LogP contribution in [-0.2, 0) is 5.75 Å². The monoisotopic (exact) mass is 401 g/mol. The maximum absolute atomic E-state index is 6.37. The third-order valence-electron chi connectivity index (χ3n) is 3.90. The fourth-order valence-electron chi connectivity index (χ4n) is 2.63. The second-order valence-electron chi connectivity index (χ2n) is 5.72. The van der Waals surface area contributed by atoms with Gasteiger partial charge in [-0.3, -0.25) is 4.98 Å². The van der Waals surface area contributed by atoms with Crippen LogP contribution in [0.5, 0.6) is 0 Å². The molecular weight excluding hydrogens is 389 g/mol.